The van der Waals surface area contributed by atoms with Crippen LogP contribution in [0, 0.1) is 18.8 Å². The number of carbonyl (C=O) groups excluding carboxylic acids is 1. The van der Waals surface area contributed by atoms with Gasteiger partial charge in [-0.25, -0.2) is 0 Å². The van der Waals surface area contributed by atoms with E-state index in [4.69, 9.17) is 5.73 Å². The maximum atomic E-state index is 11.9. The Labute approximate surface area is 115 Å². The van der Waals surface area contributed by atoms with Crippen molar-refractivity contribution < 1.29 is 4.79 Å². The minimum absolute atomic E-state index is 0.113. The monoisotopic (exact) mass is 274 g/mol. The maximum Gasteiger partial charge on any atom is 0.252 e. The predicted octanol–water partition coefficient (Wildman–Crippen LogP) is 1.02. The molecule has 0 bridgehead atoms. The van der Waals surface area contributed by atoms with Crippen molar-refractivity contribution in [1.82, 2.24) is 15.5 Å². The summed E-state index contributed by atoms with van der Waals surface area (Å²) in [6.07, 6.45) is 1.71. The van der Waals surface area contributed by atoms with Crippen molar-refractivity contribution in [2.75, 3.05) is 6.54 Å². The number of amides is 1. The van der Waals surface area contributed by atoms with Crippen molar-refractivity contribution >= 4 is 17.2 Å². The molecule has 2 aromatic heterocycles. The number of aryl methyl sites for hydroxylation is 1. The van der Waals surface area contributed by atoms with Gasteiger partial charge in [0.2, 0.25) is 0 Å². The van der Waals surface area contributed by atoms with Gasteiger partial charge in [0.15, 0.2) is 0 Å². The standard InChI is InChI=1S/C13H14N4OS/c1-9-11(7-16-17-9)6-15-13(18)10-5-12(19-8-10)3-2-4-14/h5,7-8H,4,6,14H2,1H3,(H,15,18)(H,16,17). The van der Waals surface area contributed by atoms with Gasteiger partial charge in [0.1, 0.15) is 0 Å². The van der Waals surface area contributed by atoms with Crippen LogP contribution in [0.4, 0.5) is 0 Å². The van der Waals surface area contributed by atoms with Gasteiger partial charge in [-0.15, -0.1) is 11.3 Å². The third-order valence-corrected chi connectivity index (χ3v) is 3.39. The van der Waals surface area contributed by atoms with Crippen molar-refractivity contribution in [3.05, 3.63) is 39.3 Å². The van der Waals surface area contributed by atoms with Crippen LogP contribution in [-0.2, 0) is 6.54 Å². The van der Waals surface area contributed by atoms with E-state index in [0.717, 1.165) is 16.1 Å². The summed E-state index contributed by atoms with van der Waals surface area (Å²) >= 11 is 1.44. The number of H-pyrrole nitrogens is 1. The number of aromatic nitrogens is 2. The molecule has 0 saturated heterocycles. The zero-order valence-corrected chi connectivity index (χ0v) is 11.3. The van der Waals surface area contributed by atoms with Crippen LogP contribution in [0.5, 0.6) is 0 Å². The lowest BCUT2D eigenvalue weighted by atomic mass is 10.2. The van der Waals surface area contributed by atoms with Gasteiger partial charge in [-0.2, -0.15) is 5.10 Å². The number of nitrogens with one attached hydrogen (secondary N) is 2. The molecule has 6 heteroatoms. The second kappa shape index (κ2) is 6.18. The minimum atomic E-state index is -0.113. The van der Waals surface area contributed by atoms with E-state index in [2.05, 4.69) is 27.4 Å². The van der Waals surface area contributed by atoms with Crippen molar-refractivity contribution in [3.63, 3.8) is 0 Å². The molecule has 0 spiro atoms. The highest BCUT2D eigenvalue weighted by Crippen LogP contribution is 2.13. The van der Waals surface area contributed by atoms with Gasteiger partial charge < -0.3 is 11.1 Å². The summed E-state index contributed by atoms with van der Waals surface area (Å²) in [7, 11) is 0. The molecule has 0 radical (unpaired) electrons. The van der Waals surface area contributed by atoms with Crippen LogP contribution in [0.3, 0.4) is 0 Å². The molecule has 4 N–H and O–H groups in total. The molecule has 1 amide bonds. The second-order valence-electron chi connectivity index (χ2n) is 3.91. The van der Waals surface area contributed by atoms with Gasteiger partial charge in [-0.3, -0.25) is 9.89 Å². The van der Waals surface area contributed by atoms with Crippen LogP contribution in [0.1, 0.15) is 26.5 Å². The van der Waals surface area contributed by atoms with Crippen LogP contribution in [0.15, 0.2) is 17.6 Å². The van der Waals surface area contributed by atoms with Crippen LogP contribution in [0.2, 0.25) is 0 Å². The lowest BCUT2D eigenvalue weighted by molar-refractivity contribution is 0.0951. The molecule has 0 aliphatic carbocycles. The summed E-state index contributed by atoms with van der Waals surface area (Å²) in [4.78, 5) is 12.8. The van der Waals surface area contributed by atoms with Crippen LogP contribution < -0.4 is 11.1 Å². The Morgan fingerprint density at radius 1 is 1.63 bits per heavy atom. The third kappa shape index (κ3) is 3.44. The summed E-state index contributed by atoms with van der Waals surface area (Å²) in [5.74, 6) is 5.56. The van der Waals surface area contributed by atoms with E-state index in [1.807, 2.05) is 6.92 Å². The van der Waals surface area contributed by atoms with Crippen LogP contribution in [-0.4, -0.2) is 22.6 Å². The second-order valence-corrected chi connectivity index (χ2v) is 4.82. The number of aromatic amines is 1. The Morgan fingerprint density at radius 2 is 2.47 bits per heavy atom. The Balaban J connectivity index is 1.96. The van der Waals surface area contributed by atoms with Crippen LogP contribution >= 0.6 is 11.3 Å². The van der Waals surface area contributed by atoms with E-state index in [1.165, 1.54) is 11.3 Å². The summed E-state index contributed by atoms with van der Waals surface area (Å²) in [5.41, 5.74) is 7.86. The van der Waals surface area contributed by atoms with E-state index in [0.29, 0.717) is 18.7 Å². The molecule has 2 rings (SSSR count). The Bertz CT molecular complexity index is 632. The lowest BCUT2D eigenvalue weighted by Gasteiger charge is -2.02. The van der Waals surface area contributed by atoms with Crippen molar-refractivity contribution in [2.45, 2.75) is 13.5 Å². The minimum Gasteiger partial charge on any atom is -0.348 e. The number of rotatable bonds is 3. The molecule has 2 heterocycles. The first-order valence-electron chi connectivity index (χ1n) is 5.75. The van der Waals surface area contributed by atoms with Gasteiger partial charge in [0.05, 0.1) is 23.2 Å². The number of thiophene rings is 1. The molecular formula is C13H14N4OS. The fourth-order valence-electron chi connectivity index (χ4n) is 1.49. The molecule has 0 fully saturated rings. The number of carbonyl (C=O) groups is 1. The summed E-state index contributed by atoms with van der Waals surface area (Å²) in [6.45, 7) is 2.69. The first kappa shape index (κ1) is 13.3. The SMILES string of the molecule is Cc1[nH]ncc1CNC(=O)c1csc(C#CCN)c1. The third-order valence-electron chi connectivity index (χ3n) is 2.55. The van der Waals surface area contributed by atoms with Crippen LogP contribution in [0.25, 0.3) is 0 Å². The van der Waals surface area contributed by atoms with Gasteiger partial charge in [-0.05, 0) is 13.0 Å². The Kier molecular flexibility index (Phi) is 4.34. The number of hydrogen-bond acceptors (Lipinski definition) is 4. The number of hydrogen-bond donors (Lipinski definition) is 3. The highest BCUT2D eigenvalue weighted by atomic mass is 32.1. The van der Waals surface area contributed by atoms with Gasteiger partial charge in [0.25, 0.3) is 5.91 Å². The molecule has 5 nitrogen and oxygen atoms in total. The van der Waals surface area contributed by atoms with E-state index in [-0.39, 0.29) is 5.91 Å². The van der Waals surface area contributed by atoms with E-state index in [9.17, 15) is 4.79 Å². The topological polar surface area (TPSA) is 83.8 Å². The number of nitrogens with two attached hydrogens (primary N) is 1. The molecule has 19 heavy (non-hydrogen) atoms. The predicted molar refractivity (Wildman–Crippen MR) is 74.7 cm³/mol. The molecular weight excluding hydrogens is 260 g/mol. The van der Waals surface area contributed by atoms with E-state index < -0.39 is 0 Å². The van der Waals surface area contributed by atoms with Gasteiger partial charge in [-0.1, -0.05) is 11.8 Å². The Hall–Kier alpha value is -2.10. The van der Waals surface area contributed by atoms with E-state index in [1.54, 1.807) is 17.6 Å². The first-order chi connectivity index (χ1) is 9.20. The Morgan fingerprint density at radius 3 is 3.16 bits per heavy atom. The summed E-state index contributed by atoms with van der Waals surface area (Å²) in [5, 5.41) is 11.4. The zero-order valence-electron chi connectivity index (χ0n) is 10.5. The average molecular weight is 274 g/mol. The number of nitrogens with zero attached hydrogens (tertiary/aromatic N) is 1. The highest BCUT2D eigenvalue weighted by molar-refractivity contribution is 7.10. The van der Waals surface area contributed by atoms with Crippen molar-refractivity contribution in [1.29, 1.82) is 0 Å². The van der Waals surface area contributed by atoms with Gasteiger partial charge >= 0.3 is 0 Å². The molecule has 0 unspecified atom stereocenters. The quantitative estimate of drug-likeness (QED) is 0.731. The highest BCUT2D eigenvalue weighted by Gasteiger charge is 2.08. The smallest absolute Gasteiger partial charge is 0.252 e. The summed E-state index contributed by atoms with van der Waals surface area (Å²) in [6, 6.07) is 1.77. The first-order valence-corrected chi connectivity index (χ1v) is 6.63. The fourth-order valence-corrected chi connectivity index (χ4v) is 2.25. The molecule has 0 aliphatic heterocycles. The molecule has 0 aromatic carbocycles. The maximum absolute atomic E-state index is 11.9. The van der Waals surface area contributed by atoms with Crippen molar-refractivity contribution in [3.8, 4) is 11.8 Å². The van der Waals surface area contributed by atoms with Gasteiger partial charge in [0, 0.05) is 23.2 Å². The van der Waals surface area contributed by atoms with Crippen molar-refractivity contribution in [2.24, 2.45) is 5.73 Å². The molecule has 2 aromatic rings. The van der Waals surface area contributed by atoms with E-state index >= 15 is 0 Å². The fraction of sp³-hybridized carbons (Fsp3) is 0.231. The zero-order chi connectivity index (χ0) is 13.7. The lowest BCUT2D eigenvalue weighted by Crippen LogP contribution is -2.22. The largest absolute Gasteiger partial charge is 0.348 e. The average Bonchev–Trinajstić information content (AvgIpc) is 3.03. The molecule has 0 atom stereocenters. The summed E-state index contributed by atoms with van der Waals surface area (Å²) < 4.78 is 0. The molecule has 0 aliphatic rings. The normalized spacial score (nSPS) is 9.79. The molecule has 98 valence electrons. The molecule has 0 saturated carbocycles.